The Labute approximate surface area is 169 Å². The number of esters is 1. The molecule has 0 aliphatic carbocycles. The van der Waals surface area contributed by atoms with Crippen LogP contribution < -0.4 is 5.32 Å². The highest BCUT2D eigenvalue weighted by Gasteiger charge is 2.26. The topological polar surface area (TPSA) is 77.8 Å². The van der Waals surface area contributed by atoms with E-state index in [1.165, 1.54) is 6.92 Å². The maximum absolute atomic E-state index is 12.7. The summed E-state index contributed by atoms with van der Waals surface area (Å²) >= 11 is 0. The Morgan fingerprint density at radius 2 is 1.76 bits per heavy atom. The van der Waals surface area contributed by atoms with Gasteiger partial charge in [0, 0.05) is 23.7 Å². The Kier molecular flexibility index (Phi) is 6.03. The fourth-order valence-electron chi connectivity index (χ4n) is 3.42. The molecule has 1 N–H and O–H groups in total. The van der Waals surface area contributed by atoms with E-state index < -0.39 is 18.0 Å². The number of hydrogen-bond donors (Lipinski definition) is 1. The number of hydrogen-bond acceptors (Lipinski definition) is 5. The summed E-state index contributed by atoms with van der Waals surface area (Å²) in [5, 5.41) is 3.64. The smallest absolute Gasteiger partial charge is 0.375 e. The van der Waals surface area contributed by atoms with Crippen LogP contribution in [0.4, 0.5) is 5.69 Å². The number of carbonyl (C=O) groups is 2. The van der Waals surface area contributed by atoms with Gasteiger partial charge in [0.25, 0.3) is 5.91 Å². The van der Waals surface area contributed by atoms with Crippen molar-refractivity contribution in [2.24, 2.45) is 0 Å². The van der Waals surface area contributed by atoms with Gasteiger partial charge in [-0.2, -0.15) is 0 Å². The average molecular weight is 395 g/mol. The number of furan rings is 1. The zero-order valence-electron chi connectivity index (χ0n) is 17.3. The highest BCUT2D eigenvalue weighted by atomic mass is 16.6. The summed E-state index contributed by atoms with van der Waals surface area (Å²) in [6, 6.07) is 11.3. The van der Waals surface area contributed by atoms with Crippen LogP contribution in [-0.4, -0.2) is 25.1 Å². The molecule has 0 saturated heterocycles. The summed E-state index contributed by atoms with van der Waals surface area (Å²) in [4.78, 5) is 25.3. The molecule has 6 nitrogen and oxygen atoms in total. The van der Waals surface area contributed by atoms with Crippen LogP contribution in [0, 0.1) is 20.8 Å². The van der Waals surface area contributed by atoms with Crippen molar-refractivity contribution in [1.29, 1.82) is 0 Å². The lowest BCUT2D eigenvalue weighted by Crippen LogP contribution is -2.30. The molecule has 152 valence electrons. The number of para-hydroxylation sites is 1. The Hall–Kier alpha value is -3.12. The number of rotatable bonds is 6. The van der Waals surface area contributed by atoms with Crippen molar-refractivity contribution in [3.63, 3.8) is 0 Å². The molecule has 1 atom stereocenters. The van der Waals surface area contributed by atoms with E-state index in [2.05, 4.69) is 5.32 Å². The molecule has 0 radical (unpaired) electrons. The predicted octanol–water partition coefficient (Wildman–Crippen LogP) is 4.69. The minimum Gasteiger partial charge on any atom is -0.449 e. The highest BCUT2D eigenvalue weighted by molar-refractivity contribution is 6.00. The summed E-state index contributed by atoms with van der Waals surface area (Å²) in [6.07, 6.45) is -0.994. The number of anilines is 1. The molecule has 1 aromatic heterocycles. The minimum absolute atomic E-state index is 0.0513. The number of fused-ring (bicyclic) bond motifs is 1. The van der Waals surface area contributed by atoms with Gasteiger partial charge >= 0.3 is 5.97 Å². The van der Waals surface area contributed by atoms with E-state index in [9.17, 15) is 9.59 Å². The normalized spacial score (nSPS) is 12.0. The van der Waals surface area contributed by atoms with E-state index in [0.717, 1.165) is 27.8 Å². The van der Waals surface area contributed by atoms with E-state index in [1.54, 1.807) is 13.2 Å². The van der Waals surface area contributed by atoms with Crippen molar-refractivity contribution in [2.75, 3.05) is 12.4 Å². The molecule has 0 unspecified atom stereocenters. The van der Waals surface area contributed by atoms with E-state index in [1.807, 2.05) is 51.1 Å². The van der Waals surface area contributed by atoms with Gasteiger partial charge < -0.3 is 19.2 Å². The van der Waals surface area contributed by atoms with Gasteiger partial charge in [-0.1, -0.05) is 35.9 Å². The molecular weight excluding hydrogens is 370 g/mol. The van der Waals surface area contributed by atoms with Crippen molar-refractivity contribution in [1.82, 2.24) is 0 Å². The van der Waals surface area contributed by atoms with Crippen LogP contribution in [0.5, 0.6) is 0 Å². The van der Waals surface area contributed by atoms with Crippen LogP contribution in [0.25, 0.3) is 11.0 Å². The average Bonchev–Trinajstić information content (AvgIpc) is 3.03. The van der Waals surface area contributed by atoms with Gasteiger partial charge in [-0.15, -0.1) is 0 Å². The van der Waals surface area contributed by atoms with Crippen LogP contribution in [0.1, 0.15) is 39.7 Å². The third-order valence-electron chi connectivity index (χ3n) is 4.75. The predicted molar refractivity (Wildman–Crippen MR) is 111 cm³/mol. The number of methoxy groups -OCH3 is 1. The van der Waals surface area contributed by atoms with Gasteiger partial charge in [-0.05, 0) is 44.9 Å². The lowest BCUT2D eigenvalue weighted by atomic mass is 10.0. The lowest BCUT2D eigenvalue weighted by Gasteiger charge is -2.16. The molecule has 0 fully saturated rings. The Balaban J connectivity index is 1.78. The number of amides is 1. The third-order valence-corrected chi connectivity index (χ3v) is 4.75. The number of nitrogens with one attached hydrogen (secondary N) is 1. The zero-order chi connectivity index (χ0) is 21.1. The molecule has 1 heterocycles. The SMILES string of the molecule is COCc1c(C(=O)O[C@@H](C)C(=O)Nc2c(C)cc(C)cc2C)oc2ccccc12. The second-order valence-electron chi connectivity index (χ2n) is 7.15. The molecule has 6 heteroatoms. The van der Waals surface area contributed by atoms with Crippen molar-refractivity contribution >= 4 is 28.5 Å². The molecule has 0 aliphatic rings. The molecular formula is C23H25NO5. The standard InChI is InChI=1S/C23H25NO5/c1-13-10-14(2)20(15(3)11-13)24-22(25)16(4)28-23(26)21-18(12-27-5)17-8-6-7-9-19(17)29-21/h6-11,16H,12H2,1-5H3,(H,24,25)/t16-/m0/s1. The third kappa shape index (κ3) is 4.32. The van der Waals surface area contributed by atoms with E-state index >= 15 is 0 Å². The quantitative estimate of drug-likeness (QED) is 0.613. The van der Waals surface area contributed by atoms with Crippen LogP contribution in [0.15, 0.2) is 40.8 Å². The summed E-state index contributed by atoms with van der Waals surface area (Å²) in [5.41, 5.74) is 4.92. The number of aryl methyl sites for hydroxylation is 3. The fourth-order valence-corrected chi connectivity index (χ4v) is 3.42. The van der Waals surface area contributed by atoms with Gasteiger partial charge in [0.2, 0.25) is 5.76 Å². The monoisotopic (exact) mass is 395 g/mol. The lowest BCUT2D eigenvalue weighted by molar-refractivity contribution is -0.123. The molecule has 2 aromatic carbocycles. The molecule has 29 heavy (non-hydrogen) atoms. The minimum atomic E-state index is -0.994. The van der Waals surface area contributed by atoms with Crippen molar-refractivity contribution in [2.45, 2.75) is 40.4 Å². The Bertz CT molecular complexity index is 1040. The first-order valence-corrected chi connectivity index (χ1v) is 9.40. The second kappa shape index (κ2) is 8.49. The first-order valence-electron chi connectivity index (χ1n) is 9.40. The van der Waals surface area contributed by atoms with E-state index in [4.69, 9.17) is 13.9 Å². The molecule has 0 spiro atoms. The Morgan fingerprint density at radius 3 is 2.41 bits per heavy atom. The first-order chi connectivity index (χ1) is 13.8. The summed E-state index contributed by atoms with van der Waals surface area (Å²) in [5.74, 6) is -1.05. The van der Waals surface area contributed by atoms with E-state index in [-0.39, 0.29) is 12.4 Å². The maximum Gasteiger partial charge on any atom is 0.375 e. The largest absolute Gasteiger partial charge is 0.449 e. The molecule has 0 saturated carbocycles. The Morgan fingerprint density at radius 1 is 1.10 bits per heavy atom. The second-order valence-corrected chi connectivity index (χ2v) is 7.15. The molecule has 3 rings (SSSR count). The molecule has 0 bridgehead atoms. The number of benzene rings is 2. The summed E-state index contributed by atoms with van der Waals surface area (Å²) < 4.78 is 16.3. The zero-order valence-corrected chi connectivity index (χ0v) is 17.3. The molecule has 1 amide bonds. The molecule has 0 aliphatic heterocycles. The summed E-state index contributed by atoms with van der Waals surface area (Å²) in [6.45, 7) is 7.59. The van der Waals surface area contributed by atoms with Gasteiger partial charge in [-0.25, -0.2) is 4.79 Å². The number of carbonyl (C=O) groups excluding carboxylic acids is 2. The van der Waals surface area contributed by atoms with Crippen molar-refractivity contribution < 1.29 is 23.5 Å². The maximum atomic E-state index is 12.7. The summed E-state index contributed by atoms with van der Waals surface area (Å²) in [7, 11) is 1.54. The van der Waals surface area contributed by atoms with Crippen molar-refractivity contribution in [3.8, 4) is 0 Å². The van der Waals surface area contributed by atoms with Crippen molar-refractivity contribution in [3.05, 3.63) is 64.4 Å². The van der Waals surface area contributed by atoms with Gasteiger partial charge in [0.05, 0.1) is 6.61 Å². The fraction of sp³-hybridized carbons (Fsp3) is 0.304. The van der Waals surface area contributed by atoms with Crippen LogP contribution >= 0.6 is 0 Å². The highest BCUT2D eigenvalue weighted by Crippen LogP contribution is 2.28. The van der Waals surface area contributed by atoms with Crippen LogP contribution in [0.2, 0.25) is 0 Å². The van der Waals surface area contributed by atoms with Gasteiger partial charge in [-0.3, -0.25) is 4.79 Å². The van der Waals surface area contributed by atoms with Gasteiger partial charge in [0.15, 0.2) is 6.10 Å². The van der Waals surface area contributed by atoms with Crippen LogP contribution in [-0.2, 0) is 20.9 Å². The molecule has 3 aromatic rings. The van der Waals surface area contributed by atoms with E-state index in [0.29, 0.717) is 11.1 Å². The van der Waals surface area contributed by atoms with Crippen LogP contribution in [0.3, 0.4) is 0 Å². The number of ether oxygens (including phenoxy) is 2. The first kappa shape index (κ1) is 20.6. The van der Waals surface area contributed by atoms with Gasteiger partial charge in [0.1, 0.15) is 5.58 Å².